The van der Waals surface area contributed by atoms with Crippen LogP contribution < -0.4 is 16.6 Å². The van der Waals surface area contributed by atoms with Crippen molar-refractivity contribution < 1.29 is 14.3 Å². The van der Waals surface area contributed by atoms with Crippen LogP contribution in [0.1, 0.15) is 32.1 Å². The molecule has 1 fully saturated rings. The molecule has 0 bridgehead atoms. The number of nitrogens with two attached hydrogens (primary N) is 1. The SMILES string of the molecule is NNC(=O)C(=O)NCCOC1CCCCC1. The summed E-state index contributed by atoms with van der Waals surface area (Å²) in [5.74, 6) is 3.24. The molecule has 0 radical (unpaired) electrons. The van der Waals surface area contributed by atoms with Crippen LogP contribution in [0, 0.1) is 0 Å². The first-order valence-corrected chi connectivity index (χ1v) is 5.64. The van der Waals surface area contributed by atoms with Crippen LogP contribution in [0.25, 0.3) is 0 Å². The van der Waals surface area contributed by atoms with Crippen LogP contribution in [0.5, 0.6) is 0 Å². The average molecular weight is 229 g/mol. The van der Waals surface area contributed by atoms with Gasteiger partial charge in [-0.1, -0.05) is 19.3 Å². The largest absolute Gasteiger partial charge is 0.376 e. The minimum atomic E-state index is -0.835. The van der Waals surface area contributed by atoms with Gasteiger partial charge in [0.15, 0.2) is 0 Å². The Kier molecular flexibility index (Phi) is 5.81. The third-order valence-electron chi connectivity index (χ3n) is 2.63. The molecule has 0 atom stereocenters. The van der Waals surface area contributed by atoms with Crippen molar-refractivity contribution in [2.45, 2.75) is 38.2 Å². The lowest BCUT2D eigenvalue weighted by Gasteiger charge is -2.21. The van der Waals surface area contributed by atoms with Crippen LogP contribution >= 0.6 is 0 Å². The summed E-state index contributed by atoms with van der Waals surface area (Å²) in [6, 6.07) is 0. The summed E-state index contributed by atoms with van der Waals surface area (Å²) in [4.78, 5) is 21.7. The second kappa shape index (κ2) is 7.19. The number of hydrogen-bond acceptors (Lipinski definition) is 4. The summed E-state index contributed by atoms with van der Waals surface area (Å²) < 4.78 is 5.57. The van der Waals surface area contributed by atoms with E-state index in [-0.39, 0.29) is 0 Å². The van der Waals surface area contributed by atoms with Crippen molar-refractivity contribution in [3.05, 3.63) is 0 Å². The Morgan fingerprint density at radius 1 is 1.19 bits per heavy atom. The second-order valence-electron chi connectivity index (χ2n) is 3.86. The standard InChI is InChI=1S/C10H19N3O3/c11-13-10(15)9(14)12-6-7-16-8-4-2-1-3-5-8/h8H,1-7,11H2,(H,12,14)(H,13,15). The Bertz CT molecular complexity index is 239. The van der Waals surface area contributed by atoms with Gasteiger partial charge in [0.2, 0.25) is 0 Å². The zero-order chi connectivity index (χ0) is 11.8. The zero-order valence-corrected chi connectivity index (χ0v) is 9.33. The van der Waals surface area contributed by atoms with Crippen LogP contribution in [-0.4, -0.2) is 31.1 Å². The second-order valence-corrected chi connectivity index (χ2v) is 3.86. The highest BCUT2D eigenvalue weighted by Gasteiger charge is 2.14. The number of amides is 2. The third-order valence-corrected chi connectivity index (χ3v) is 2.63. The Hall–Kier alpha value is -1.14. The van der Waals surface area contributed by atoms with E-state index in [1.165, 1.54) is 19.3 Å². The minimum Gasteiger partial charge on any atom is -0.376 e. The molecule has 2 amide bonds. The van der Waals surface area contributed by atoms with Gasteiger partial charge in [0.25, 0.3) is 0 Å². The summed E-state index contributed by atoms with van der Waals surface area (Å²) in [7, 11) is 0. The molecule has 0 aromatic heterocycles. The Morgan fingerprint density at radius 3 is 2.50 bits per heavy atom. The lowest BCUT2D eigenvalue weighted by atomic mass is 9.98. The normalized spacial score (nSPS) is 16.8. The average Bonchev–Trinajstić information content (AvgIpc) is 2.34. The molecule has 0 aliphatic heterocycles. The van der Waals surface area contributed by atoms with Gasteiger partial charge in [0.1, 0.15) is 0 Å². The van der Waals surface area contributed by atoms with Crippen molar-refractivity contribution in [3.8, 4) is 0 Å². The van der Waals surface area contributed by atoms with Crippen LogP contribution in [0.2, 0.25) is 0 Å². The van der Waals surface area contributed by atoms with E-state index in [1.807, 2.05) is 0 Å². The highest BCUT2D eigenvalue weighted by Crippen LogP contribution is 2.19. The zero-order valence-electron chi connectivity index (χ0n) is 9.33. The van der Waals surface area contributed by atoms with Gasteiger partial charge in [0.05, 0.1) is 12.7 Å². The maximum absolute atomic E-state index is 11.0. The minimum absolute atomic E-state index is 0.314. The summed E-state index contributed by atoms with van der Waals surface area (Å²) >= 11 is 0. The number of nitrogens with one attached hydrogen (secondary N) is 2. The molecule has 1 aliphatic carbocycles. The van der Waals surface area contributed by atoms with Gasteiger partial charge in [-0.25, -0.2) is 5.84 Å². The fourth-order valence-corrected chi connectivity index (χ4v) is 1.77. The number of rotatable bonds is 4. The van der Waals surface area contributed by atoms with Gasteiger partial charge in [0, 0.05) is 6.54 Å². The van der Waals surface area contributed by atoms with Crippen molar-refractivity contribution in [2.24, 2.45) is 5.84 Å². The van der Waals surface area contributed by atoms with Crippen LogP contribution in [0.3, 0.4) is 0 Å². The summed E-state index contributed by atoms with van der Waals surface area (Å²) in [5, 5.41) is 2.42. The summed E-state index contributed by atoms with van der Waals surface area (Å²) in [6.07, 6.45) is 6.22. The van der Waals surface area contributed by atoms with E-state index in [9.17, 15) is 9.59 Å². The molecule has 16 heavy (non-hydrogen) atoms. The predicted molar refractivity (Wildman–Crippen MR) is 58.2 cm³/mol. The van der Waals surface area contributed by atoms with Crippen LogP contribution in [0.4, 0.5) is 0 Å². The molecule has 0 heterocycles. The van der Waals surface area contributed by atoms with Gasteiger partial charge in [-0.15, -0.1) is 0 Å². The maximum atomic E-state index is 11.0. The van der Waals surface area contributed by atoms with Crippen molar-refractivity contribution in [3.63, 3.8) is 0 Å². The molecule has 6 heteroatoms. The van der Waals surface area contributed by atoms with Crippen molar-refractivity contribution in [1.82, 2.24) is 10.7 Å². The predicted octanol–water partition coefficient (Wildman–Crippen LogP) is -0.558. The number of carbonyl (C=O) groups is 2. The third kappa shape index (κ3) is 4.59. The molecule has 1 aliphatic rings. The molecular formula is C10H19N3O3. The molecule has 92 valence electrons. The van der Waals surface area contributed by atoms with E-state index in [0.29, 0.717) is 19.3 Å². The topological polar surface area (TPSA) is 93.5 Å². The van der Waals surface area contributed by atoms with E-state index in [2.05, 4.69) is 5.32 Å². The molecule has 4 N–H and O–H groups in total. The Morgan fingerprint density at radius 2 is 1.88 bits per heavy atom. The smallest absolute Gasteiger partial charge is 0.323 e. The maximum Gasteiger partial charge on any atom is 0.323 e. The Balaban J connectivity index is 2.02. The highest BCUT2D eigenvalue weighted by atomic mass is 16.5. The lowest BCUT2D eigenvalue weighted by Crippen LogP contribution is -2.44. The fourth-order valence-electron chi connectivity index (χ4n) is 1.77. The van der Waals surface area contributed by atoms with Gasteiger partial charge >= 0.3 is 11.8 Å². The molecule has 0 aromatic carbocycles. The van der Waals surface area contributed by atoms with Crippen LogP contribution in [-0.2, 0) is 14.3 Å². The number of carbonyl (C=O) groups excluding carboxylic acids is 2. The molecule has 0 spiro atoms. The highest BCUT2D eigenvalue weighted by molar-refractivity contribution is 6.34. The molecule has 1 saturated carbocycles. The first kappa shape index (κ1) is 12.9. The van der Waals surface area contributed by atoms with Crippen molar-refractivity contribution >= 4 is 11.8 Å². The first-order valence-electron chi connectivity index (χ1n) is 5.64. The summed E-state index contributed by atoms with van der Waals surface area (Å²) in [6.45, 7) is 0.775. The number of hydrogen-bond donors (Lipinski definition) is 3. The molecule has 0 aromatic rings. The molecule has 1 rings (SSSR count). The van der Waals surface area contributed by atoms with Gasteiger partial charge < -0.3 is 10.1 Å². The van der Waals surface area contributed by atoms with E-state index in [0.717, 1.165) is 12.8 Å². The lowest BCUT2D eigenvalue weighted by molar-refractivity contribution is -0.139. The molecule has 0 saturated heterocycles. The van der Waals surface area contributed by atoms with Gasteiger partial charge in [-0.3, -0.25) is 15.0 Å². The number of hydrazine groups is 1. The molecular weight excluding hydrogens is 210 g/mol. The first-order chi connectivity index (χ1) is 7.74. The van der Waals surface area contributed by atoms with E-state index in [4.69, 9.17) is 10.6 Å². The van der Waals surface area contributed by atoms with Crippen molar-refractivity contribution in [2.75, 3.05) is 13.2 Å². The van der Waals surface area contributed by atoms with Crippen molar-refractivity contribution in [1.29, 1.82) is 0 Å². The molecule has 6 nitrogen and oxygen atoms in total. The monoisotopic (exact) mass is 229 g/mol. The van der Waals surface area contributed by atoms with E-state index in [1.54, 1.807) is 5.43 Å². The summed E-state index contributed by atoms with van der Waals surface area (Å²) in [5.41, 5.74) is 1.76. The van der Waals surface area contributed by atoms with E-state index >= 15 is 0 Å². The van der Waals surface area contributed by atoms with Gasteiger partial charge in [-0.05, 0) is 12.8 Å². The van der Waals surface area contributed by atoms with E-state index < -0.39 is 11.8 Å². The fraction of sp³-hybridized carbons (Fsp3) is 0.800. The number of ether oxygens (including phenoxy) is 1. The molecule has 0 unspecified atom stereocenters. The van der Waals surface area contributed by atoms with Gasteiger partial charge in [-0.2, -0.15) is 0 Å². The quantitative estimate of drug-likeness (QED) is 0.198. The van der Waals surface area contributed by atoms with Crippen LogP contribution in [0.15, 0.2) is 0 Å². The Labute approximate surface area is 94.9 Å².